The summed E-state index contributed by atoms with van der Waals surface area (Å²) in [6.45, 7) is 18.4. The summed E-state index contributed by atoms with van der Waals surface area (Å²) in [7, 11) is -1.78. The van der Waals surface area contributed by atoms with Gasteiger partial charge >= 0.3 is 0 Å². The second-order valence-electron chi connectivity index (χ2n) is 10.9. The van der Waals surface area contributed by atoms with Gasteiger partial charge in [-0.05, 0) is 74.1 Å². The summed E-state index contributed by atoms with van der Waals surface area (Å²) in [4.78, 5) is 0. The Kier molecular flexibility index (Phi) is 8.41. The van der Waals surface area contributed by atoms with Gasteiger partial charge in [0.2, 0.25) is 0 Å². The predicted octanol–water partition coefficient (Wildman–Crippen LogP) is 6.10. The van der Waals surface area contributed by atoms with Crippen molar-refractivity contribution in [2.24, 2.45) is 17.8 Å². The summed E-state index contributed by atoms with van der Waals surface area (Å²) in [5.74, 6) is 1.68. The van der Waals surface area contributed by atoms with Crippen molar-refractivity contribution >= 4 is 8.32 Å². The molecule has 0 spiro atoms. The molecule has 0 amide bonds. The zero-order valence-electron chi connectivity index (χ0n) is 20.0. The minimum atomic E-state index is -1.78. The van der Waals surface area contributed by atoms with Crippen molar-refractivity contribution in [1.82, 2.24) is 0 Å². The number of hydrogen-bond donors (Lipinski definition) is 0. The van der Waals surface area contributed by atoms with Crippen LogP contribution in [-0.2, 0) is 18.6 Å². The highest BCUT2D eigenvalue weighted by Crippen LogP contribution is 2.48. The Balaban J connectivity index is 1.68. The molecule has 4 nitrogen and oxygen atoms in total. The molecule has 2 fully saturated rings. The van der Waals surface area contributed by atoms with Gasteiger partial charge < -0.3 is 18.6 Å². The Morgan fingerprint density at radius 1 is 1.23 bits per heavy atom. The third-order valence-corrected chi connectivity index (χ3v) is 12.3. The van der Waals surface area contributed by atoms with Crippen LogP contribution in [0.4, 0.5) is 0 Å². The van der Waals surface area contributed by atoms with Gasteiger partial charge in [-0.2, -0.15) is 0 Å². The molecule has 3 rings (SSSR count). The largest absolute Gasteiger partial charge is 0.416 e. The van der Waals surface area contributed by atoms with Gasteiger partial charge in [-0.15, -0.1) is 6.58 Å². The monoisotopic (exact) mass is 436 g/mol. The number of rotatable bonds is 9. The van der Waals surface area contributed by atoms with E-state index in [1.165, 1.54) is 18.4 Å². The van der Waals surface area contributed by atoms with E-state index < -0.39 is 8.32 Å². The predicted molar refractivity (Wildman–Crippen MR) is 125 cm³/mol. The Hall–Kier alpha value is -0.463. The van der Waals surface area contributed by atoms with Crippen LogP contribution in [0.3, 0.4) is 0 Å². The fraction of sp³-hybridized carbons (Fsp3) is 0.840. The van der Waals surface area contributed by atoms with Gasteiger partial charge in [-0.1, -0.05) is 32.9 Å². The van der Waals surface area contributed by atoms with Crippen molar-refractivity contribution in [3.63, 3.8) is 0 Å². The van der Waals surface area contributed by atoms with Crippen molar-refractivity contribution in [3.05, 3.63) is 24.3 Å². The fourth-order valence-electron chi connectivity index (χ4n) is 4.88. The van der Waals surface area contributed by atoms with Crippen molar-refractivity contribution in [1.29, 1.82) is 0 Å². The maximum absolute atomic E-state index is 6.71. The van der Waals surface area contributed by atoms with Crippen LogP contribution in [0, 0.1) is 17.8 Å². The minimum absolute atomic E-state index is 0.0290. The summed E-state index contributed by atoms with van der Waals surface area (Å²) >= 11 is 0. The molecular formula is C25H44O4Si. The highest BCUT2D eigenvalue weighted by Gasteiger charge is 2.47. The maximum Gasteiger partial charge on any atom is 0.191 e. The second-order valence-corrected chi connectivity index (χ2v) is 15.7. The van der Waals surface area contributed by atoms with Crippen molar-refractivity contribution in [3.8, 4) is 0 Å². The third-order valence-electron chi connectivity index (χ3n) is 7.76. The van der Waals surface area contributed by atoms with Crippen LogP contribution in [0.2, 0.25) is 18.1 Å². The van der Waals surface area contributed by atoms with Crippen LogP contribution < -0.4 is 0 Å². The van der Waals surface area contributed by atoms with Gasteiger partial charge in [0.1, 0.15) is 0 Å². The molecule has 3 unspecified atom stereocenters. The SMILES string of the molecule is C=CCOCC1=C[C@@H]2CC(OC3CCCCO3)C(CO[Si](C)(C)C(C)(C)C)[C@@H]2CC1. The van der Waals surface area contributed by atoms with E-state index in [1.54, 1.807) is 0 Å². The second kappa shape index (κ2) is 10.4. The van der Waals surface area contributed by atoms with Crippen LogP contribution in [0.25, 0.3) is 0 Å². The van der Waals surface area contributed by atoms with Gasteiger partial charge in [0, 0.05) is 19.1 Å². The number of hydrogen-bond acceptors (Lipinski definition) is 4. The van der Waals surface area contributed by atoms with Gasteiger partial charge in [0.15, 0.2) is 14.6 Å². The summed E-state index contributed by atoms with van der Waals surface area (Å²) in [5.41, 5.74) is 1.44. The Morgan fingerprint density at radius 3 is 2.70 bits per heavy atom. The third kappa shape index (κ3) is 6.07. The molecule has 0 radical (unpaired) electrons. The van der Waals surface area contributed by atoms with Gasteiger partial charge in [0.25, 0.3) is 0 Å². The highest BCUT2D eigenvalue weighted by atomic mass is 28.4. The maximum atomic E-state index is 6.71. The first-order chi connectivity index (χ1) is 14.2. The average molecular weight is 437 g/mol. The number of ether oxygens (including phenoxy) is 3. The average Bonchev–Trinajstić information content (AvgIpc) is 3.03. The molecule has 1 saturated carbocycles. The van der Waals surface area contributed by atoms with Crippen LogP contribution in [0.15, 0.2) is 24.3 Å². The van der Waals surface area contributed by atoms with Crippen LogP contribution >= 0.6 is 0 Å². The lowest BCUT2D eigenvalue weighted by Crippen LogP contribution is -2.44. The van der Waals surface area contributed by atoms with E-state index >= 15 is 0 Å². The summed E-state index contributed by atoms with van der Waals surface area (Å²) in [6, 6.07) is 0. The Bertz CT molecular complexity index is 588. The number of fused-ring (bicyclic) bond motifs is 1. The molecule has 0 aromatic carbocycles. The molecule has 5 heteroatoms. The molecule has 0 N–H and O–H groups in total. The van der Waals surface area contributed by atoms with E-state index in [9.17, 15) is 0 Å². The van der Waals surface area contributed by atoms with Crippen LogP contribution in [-0.4, -0.2) is 47.1 Å². The fourth-order valence-corrected chi connectivity index (χ4v) is 5.93. The molecule has 0 aromatic rings. The van der Waals surface area contributed by atoms with E-state index in [2.05, 4.69) is 46.5 Å². The molecule has 5 atom stereocenters. The molecule has 2 aliphatic carbocycles. The smallest absolute Gasteiger partial charge is 0.191 e. The van der Waals surface area contributed by atoms with Crippen LogP contribution in [0.5, 0.6) is 0 Å². The molecule has 0 bridgehead atoms. The first-order valence-corrected chi connectivity index (χ1v) is 14.9. The molecule has 1 saturated heterocycles. The lowest BCUT2D eigenvalue weighted by molar-refractivity contribution is -0.197. The van der Waals surface area contributed by atoms with E-state index in [-0.39, 0.29) is 17.4 Å². The van der Waals surface area contributed by atoms with E-state index in [0.29, 0.717) is 24.4 Å². The molecular weight excluding hydrogens is 392 g/mol. The zero-order chi connectivity index (χ0) is 21.8. The van der Waals surface area contributed by atoms with E-state index in [4.69, 9.17) is 18.6 Å². The lowest BCUT2D eigenvalue weighted by atomic mass is 9.79. The molecule has 1 heterocycles. The molecule has 30 heavy (non-hydrogen) atoms. The first kappa shape index (κ1) is 24.2. The van der Waals surface area contributed by atoms with Gasteiger partial charge in [0.05, 0.1) is 19.3 Å². The molecule has 0 aromatic heterocycles. The summed E-state index contributed by atoms with van der Waals surface area (Å²) in [6.07, 6.45) is 11.3. The van der Waals surface area contributed by atoms with E-state index in [1.807, 2.05) is 6.08 Å². The summed E-state index contributed by atoms with van der Waals surface area (Å²) < 4.78 is 24.9. The topological polar surface area (TPSA) is 36.9 Å². The minimum Gasteiger partial charge on any atom is -0.416 e. The first-order valence-electron chi connectivity index (χ1n) is 12.0. The highest BCUT2D eigenvalue weighted by molar-refractivity contribution is 6.74. The van der Waals surface area contributed by atoms with Crippen LogP contribution in [0.1, 0.15) is 59.3 Å². The molecule has 1 aliphatic heterocycles. The van der Waals surface area contributed by atoms with Gasteiger partial charge in [-0.25, -0.2) is 0 Å². The normalized spacial score (nSPS) is 32.6. The standard InChI is InChI=1S/C25H44O4Si/c1-7-13-26-17-19-11-12-21-20(15-19)16-23(29-24-10-8-9-14-27-24)22(21)18-28-30(5,6)25(2,3)4/h7,15,20-24H,1,8-14,16-18H2,2-6H3/t20-,21-,22?,23?,24?/m1/s1. The lowest BCUT2D eigenvalue weighted by Gasteiger charge is -2.39. The molecule has 3 aliphatic rings. The molecule has 172 valence electrons. The van der Waals surface area contributed by atoms with E-state index in [0.717, 1.165) is 45.5 Å². The quantitative estimate of drug-likeness (QED) is 0.249. The van der Waals surface area contributed by atoms with Crippen molar-refractivity contribution < 1.29 is 18.6 Å². The zero-order valence-corrected chi connectivity index (χ0v) is 21.0. The van der Waals surface area contributed by atoms with Gasteiger partial charge in [-0.3, -0.25) is 0 Å². The summed E-state index contributed by atoms with van der Waals surface area (Å²) in [5, 5.41) is 0.232. The number of allylic oxidation sites excluding steroid dienone is 1. The Morgan fingerprint density at radius 2 is 2.03 bits per heavy atom. The van der Waals surface area contributed by atoms with Crippen molar-refractivity contribution in [2.45, 2.75) is 89.8 Å². The van der Waals surface area contributed by atoms with Crippen molar-refractivity contribution in [2.75, 3.05) is 26.4 Å². The Labute approximate surface area is 185 Å².